The van der Waals surface area contributed by atoms with Crippen LogP contribution in [0.1, 0.15) is 23.8 Å². The van der Waals surface area contributed by atoms with E-state index in [4.69, 9.17) is 4.74 Å². The second-order valence-corrected chi connectivity index (χ2v) is 7.72. The van der Waals surface area contributed by atoms with Gasteiger partial charge in [0.1, 0.15) is 0 Å². The molecule has 0 radical (unpaired) electrons. The Labute approximate surface area is 167 Å². The first-order valence-electron chi connectivity index (χ1n) is 9.29. The third kappa shape index (κ3) is 3.50. The van der Waals surface area contributed by atoms with E-state index in [1.807, 2.05) is 49.6 Å². The van der Waals surface area contributed by atoms with E-state index in [1.54, 1.807) is 11.3 Å². The van der Waals surface area contributed by atoms with Gasteiger partial charge in [-0.2, -0.15) is 5.26 Å². The van der Waals surface area contributed by atoms with Crippen LogP contribution in [0.4, 0.5) is 0 Å². The molecule has 4 rings (SSSR count). The highest BCUT2D eigenvalue weighted by atomic mass is 32.1. The Morgan fingerprint density at radius 2 is 1.96 bits per heavy atom. The number of aliphatic hydroxyl groups excluding tert-OH is 1. The quantitative estimate of drug-likeness (QED) is 0.457. The first-order valence-corrected chi connectivity index (χ1v) is 10.1. The number of hydrogen-bond donors (Lipinski definition) is 1. The van der Waals surface area contributed by atoms with Gasteiger partial charge in [0.15, 0.2) is 6.29 Å². The van der Waals surface area contributed by atoms with E-state index >= 15 is 0 Å². The summed E-state index contributed by atoms with van der Waals surface area (Å²) in [5.41, 5.74) is 2.83. The second kappa shape index (κ2) is 8.07. The molecule has 0 aliphatic rings. The Morgan fingerprint density at radius 1 is 1.14 bits per heavy atom. The van der Waals surface area contributed by atoms with Gasteiger partial charge in [0, 0.05) is 51.3 Å². The SMILES string of the molecule is CCOC(O)CCc1cc2cncc(-c3ccc(C#N)c4ccccc34)c2s1. The van der Waals surface area contributed by atoms with Gasteiger partial charge in [-0.3, -0.25) is 4.98 Å². The molecule has 4 aromatic rings. The summed E-state index contributed by atoms with van der Waals surface area (Å²) in [4.78, 5) is 5.64. The van der Waals surface area contributed by atoms with Crippen molar-refractivity contribution in [2.75, 3.05) is 6.61 Å². The van der Waals surface area contributed by atoms with Crippen molar-refractivity contribution in [2.24, 2.45) is 0 Å². The number of aryl methyl sites for hydroxylation is 1. The van der Waals surface area contributed by atoms with E-state index < -0.39 is 6.29 Å². The highest BCUT2D eigenvalue weighted by molar-refractivity contribution is 7.19. The van der Waals surface area contributed by atoms with Crippen molar-refractivity contribution in [3.8, 4) is 17.2 Å². The number of hydrogen-bond acceptors (Lipinski definition) is 5. The van der Waals surface area contributed by atoms with Crippen molar-refractivity contribution in [1.29, 1.82) is 5.26 Å². The molecule has 0 bridgehead atoms. The van der Waals surface area contributed by atoms with Crippen LogP contribution in [-0.4, -0.2) is 23.0 Å². The van der Waals surface area contributed by atoms with E-state index in [9.17, 15) is 10.4 Å². The third-order valence-electron chi connectivity index (χ3n) is 4.81. The van der Waals surface area contributed by atoms with Crippen molar-refractivity contribution in [3.63, 3.8) is 0 Å². The highest BCUT2D eigenvalue weighted by Crippen LogP contribution is 2.38. The molecule has 2 aromatic heterocycles. The van der Waals surface area contributed by atoms with E-state index in [0.29, 0.717) is 18.6 Å². The van der Waals surface area contributed by atoms with Gasteiger partial charge in [-0.1, -0.05) is 30.3 Å². The van der Waals surface area contributed by atoms with Crippen LogP contribution in [0.3, 0.4) is 0 Å². The van der Waals surface area contributed by atoms with E-state index in [0.717, 1.165) is 33.7 Å². The lowest BCUT2D eigenvalue weighted by atomic mass is 9.96. The fourth-order valence-corrected chi connectivity index (χ4v) is 4.67. The molecule has 1 N–H and O–H groups in total. The number of benzene rings is 2. The van der Waals surface area contributed by atoms with Crippen LogP contribution in [0.15, 0.2) is 54.9 Å². The molecule has 0 aliphatic carbocycles. The molecule has 2 heterocycles. The summed E-state index contributed by atoms with van der Waals surface area (Å²) >= 11 is 1.73. The molecule has 28 heavy (non-hydrogen) atoms. The number of nitriles is 1. The number of rotatable bonds is 6. The largest absolute Gasteiger partial charge is 0.368 e. The predicted octanol–water partition coefficient (Wildman–Crippen LogP) is 5.28. The Hall–Kier alpha value is -2.78. The highest BCUT2D eigenvalue weighted by Gasteiger charge is 2.14. The average Bonchev–Trinajstić information content (AvgIpc) is 3.15. The molecular weight excluding hydrogens is 368 g/mol. The van der Waals surface area contributed by atoms with Gasteiger partial charge >= 0.3 is 0 Å². The van der Waals surface area contributed by atoms with Crippen LogP contribution < -0.4 is 0 Å². The molecule has 140 valence electrons. The zero-order valence-corrected chi connectivity index (χ0v) is 16.4. The lowest BCUT2D eigenvalue weighted by Crippen LogP contribution is -2.12. The molecule has 0 saturated carbocycles. The van der Waals surface area contributed by atoms with Crippen molar-refractivity contribution < 1.29 is 9.84 Å². The normalized spacial score (nSPS) is 12.3. The number of fused-ring (bicyclic) bond motifs is 2. The molecule has 2 aromatic carbocycles. The summed E-state index contributed by atoms with van der Waals surface area (Å²) < 4.78 is 6.39. The fourth-order valence-electron chi connectivity index (χ4n) is 3.50. The Kier molecular flexibility index (Phi) is 5.36. The number of pyridine rings is 1. The Balaban J connectivity index is 1.78. The van der Waals surface area contributed by atoms with Crippen LogP contribution in [0.5, 0.6) is 0 Å². The van der Waals surface area contributed by atoms with E-state index in [1.165, 1.54) is 9.58 Å². The topological polar surface area (TPSA) is 66.1 Å². The summed E-state index contributed by atoms with van der Waals surface area (Å²) in [5, 5.41) is 22.4. The maximum Gasteiger partial charge on any atom is 0.154 e. The molecule has 0 amide bonds. The van der Waals surface area contributed by atoms with Crippen LogP contribution >= 0.6 is 11.3 Å². The first kappa shape index (κ1) is 18.6. The first-order chi connectivity index (χ1) is 13.7. The molecule has 1 atom stereocenters. The fraction of sp³-hybridized carbons (Fsp3) is 0.217. The lowest BCUT2D eigenvalue weighted by Gasteiger charge is -2.09. The maximum absolute atomic E-state index is 9.83. The molecule has 1 unspecified atom stereocenters. The Morgan fingerprint density at radius 3 is 2.75 bits per heavy atom. The minimum Gasteiger partial charge on any atom is -0.368 e. The van der Waals surface area contributed by atoms with Crippen molar-refractivity contribution in [3.05, 3.63) is 65.3 Å². The number of aliphatic hydroxyl groups is 1. The predicted molar refractivity (Wildman–Crippen MR) is 113 cm³/mol. The third-order valence-corrected chi connectivity index (χ3v) is 6.05. The van der Waals surface area contributed by atoms with Gasteiger partial charge in [0.25, 0.3) is 0 Å². The number of thiophene rings is 1. The minimum atomic E-state index is -0.727. The van der Waals surface area contributed by atoms with Gasteiger partial charge < -0.3 is 9.84 Å². The Bertz CT molecular complexity index is 1180. The number of ether oxygens (including phenoxy) is 1. The summed E-state index contributed by atoms with van der Waals surface area (Å²) in [6.07, 6.45) is 4.38. The molecular formula is C23H20N2O2S. The van der Waals surface area contributed by atoms with Crippen LogP contribution in [0, 0.1) is 11.3 Å². The van der Waals surface area contributed by atoms with Gasteiger partial charge in [-0.25, -0.2) is 0 Å². The zero-order valence-electron chi connectivity index (χ0n) is 15.6. The van der Waals surface area contributed by atoms with E-state index in [2.05, 4.69) is 23.2 Å². The van der Waals surface area contributed by atoms with Gasteiger partial charge in [-0.15, -0.1) is 11.3 Å². The summed E-state index contributed by atoms with van der Waals surface area (Å²) in [5.74, 6) is 0. The number of aromatic nitrogens is 1. The summed E-state index contributed by atoms with van der Waals surface area (Å²) in [6.45, 7) is 2.38. The molecule has 0 spiro atoms. The molecule has 5 heteroatoms. The average molecular weight is 388 g/mol. The standard InChI is InChI=1S/C23H20N2O2S/c1-2-27-22(26)10-8-17-11-16-13-25-14-21(23(16)28-17)20-9-7-15(12-24)18-5-3-4-6-19(18)20/h3-7,9,11,13-14,22,26H,2,8,10H2,1H3. The van der Waals surface area contributed by atoms with Gasteiger partial charge in [-0.05, 0) is 36.4 Å². The summed E-state index contributed by atoms with van der Waals surface area (Å²) in [7, 11) is 0. The molecule has 0 saturated heterocycles. The molecule has 0 fully saturated rings. The monoisotopic (exact) mass is 388 g/mol. The van der Waals surface area contributed by atoms with Crippen LogP contribution in [0.25, 0.3) is 32.0 Å². The van der Waals surface area contributed by atoms with Crippen molar-refractivity contribution in [1.82, 2.24) is 4.98 Å². The second-order valence-electron chi connectivity index (χ2n) is 6.58. The van der Waals surface area contributed by atoms with Crippen LogP contribution in [-0.2, 0) is 11.2 Å². The van der Waals surface area contributed by atoms with Gasteiger partial charge in [0.2, 0.25) is 0 Å². The zero-order chi connectivity index (χ0) is 19.5. The maximum atomic E-state index is 9.83. The van der Waals surface area contributed by atoms with Gasteiger partial charge in [0.05, 0.1) is 11.6 Å². The molecule has 0 aliphatic heterocycles. The summed E-state index contributed by atoms with van der Waals surface area (Å²) in [6, 6.07) is 16.3. The molecule has 4 nitrogen and oxygen atoms in total. The smallest absolute Gasteiger partial charge is 0.154 e. The van der Waals surface area contributed by atoms with Crippen molar-refractivity contribution >= 4 is 32.2 Å². The minimum absolute atomic E-state index is 0.507. The van der Waals surface area contributed by atoms with Crippen molar-refractivity contribution in [2.45, 2.75) is 26.1 Å². The van der Waals surface area contributed by atoms with Crippen LogP contribution in [0.2, 0.25) is 0 Å². The number of nitrogens with zero attached hydrogens (tertiary/aromatic N) is 2. The lowest BCUT2D eigenvalue weighted by molar-refractivity contribution is -0.0979. The van der Waals surface area contributed by atoms with E-state index in [-0.39, 0.29) is 0 Å².